The highest BCUT2D eigenvalue weighted by molar-refractivity contribution is 5.82. The summed E-state index contributed by atoms with van der Waals surface area (Å²) in [4.78, 5) is 24.2. The summed E-state index contributed by atoms with van der Waals surface area (Å²) in [5, 5.41) is 3.22. The molecule has 1 N–H and O–H groups in total. The number of amides is 1. The molecule has 0 spiro atoms. The maximum atomic E-state index is 11.9. The molecular weight excluding hydrogens is 230 g/mol. The van der Waals surface area contributed by atoms with E-state index in [0.29, 0.717) is 12.5 Å². The minimum atomic E-state index is -0.182. The van der Waals surface area contributed by atoms with Crippen molar-refractivity contribution in [3.63, 3.8) is 0 Å². The third kappa shape index (κ3) is 2.76. The number of aryl methyl sites for hydroxylation is 1. The number of carbonyl (C=O) groups excluding carboxylic acids is 1. The molecule has 0 unspecified atom stereocenters. The number of aromatic nitrogens is 2. The van der Waals surface area contributed by atoms with E-state index in [4.69, 9.17) is 0 Å². The van der Waals surface area contributed by atoms with Crippen molar-refractivity contribution >= 4 is 11.9 Å². The second-order valence-corrected chi connectivity index (χ2v) is 4.75. The summed E-state index contributed by atoms with van der Waals surface area (Å²) in [6, 6.07) is -0.182. The number of piperazine rings is 1. The fourth-order valence-corrected chi connectivity index (χ4v) is 1.96. The molecular formula is C12H19N5O. The van der Waals surface area contributed by atoms with Crippen LogP contribution in [0, 0.1) is 6.92 Å². The first kappa shape index (κ1) is 12.8. The number of nitrogens with one attached hydrogen (secondary N) is 1. The van der Waals surface area contributed by atoms with Gasteiger partial charge in [-0.15, -0.1) is 0 Å². The zero-order valence-corrected chi connectivity index (χ0v) is 11.1. The first-order chi connectivity index (χ1) is 8.58. The second-order valence-electron chi connectivity index (χ2n) is 4.75. The van der Waals surface area contributed by atoms with Crippen molar-refractivity contribution in [2.45, 2.75) is 13.0 Å². The Hall–Kier alpha value is -1.69. The van der Waals surface area contributed by atoms with Crippen molar-refractivity contribution in [1.82, 2.24) is 20.2 Å². The Morgan fingerprint density at radius 3 is 2.72 bits per heavy atom. The summed E-state index contributed by atoms with van der Waals surface area (Å²) in [5.41, 5.74) is 1.04. The Labute approximate surface area is 107 Å². The second kappa shape index (κ2) is 5.30. The zero-order valence-electron chi connectivity index (χ0n) is 11.1. The van der Waals surface area contributed by atoms with Crippen LogP contribution in [-0.4, -0.2) is 60.5 Å². The molecule has 0 radical (unpaired) electrons. The SMILES string of the molecule is Cc1cnc(N2CCN[C@@H](C(=O)N(C)C)C2)nc1. The molecule has 6 heteroatoms. The van der Waals surface area contributed by atoms with E-state index in [1.54, 1.807) is 31.4 Å². The quantitative estimate of drug-likeness (QED) is 0.776. The summed E-state index contributed by atoms with van der Waals surface area (Å²) in [5.74, 6) is 0.783. The highest BCUT2D eigenvalue weighted by Gasteiger charge is 2.27. The molecule has 1 aliphatic rings. The molecule has 1 aromatic rings. The van der Waals surface area contributed by atoms with Crippen molar-refractivity contribution in [3.8, 4) is 0 Å². The summed E-state index contributed by atoms with van der Waals surface area (Å²) in [7, 11) is 3.54. The lowest BCUT2D eigenvalue weighted by Crippen LogP contribution is -2.57. The summed E-state index contributed by atoms with van der Waals surface area (Å²) in [6.07, 6.45) is 3.60. The first-order valence-electron chi connectivity index (χ1n) is 6.06. The van der Waals surface area contributed by atoms with Crippen LogP contribution in [0.2, 0.25) is 0 Å². The Balaban J connectivity index is 2.07. The molecule has 0 saturated carbocycles. The average Bonchev–Trinajstić information content (AvgIpc) is 2.38. The molecule has 1 aliphatic heterocycles. The largest absolute Gasteiger partial charge is 0.347 e. The van der Waals surface area contributed by atoms with Gasteiger partial charge >= 0.3 is 0 Å². The van der Waals surface area contributed by atoms with Gasteiger partial charge in [-0.3, -0.25) is 4.79 Å². The number of carbonyl (C=O) groups is 1. The Bertz CT molecular complexity index is 417. The lowest BCUT2D eigenvalue weighted by Gasteiger charge is -2.34. The van der Waals surface area contributed by atoms with Gasteiger partial charge in [-0.05, 0) is 12.5 Å². The molecule has 2 heterocycles. The van der Waals surface area contributed by atoms with Crippen molar-refractivity contribution in [1.29, 1.82) is 0 Å². The van der Waals surface area contributed by atoms with E-state index in [0.717, 1.165) is 18.7 Å². The van der Waals surface area contributed by atoms with Crippen LogP contribution in [-0.2, 0) is 4.79 Å². The van der Waals surface area contributed by atoms with Gasteiger partial charge in [-0.25, -0.2) is 9.97 Å². The summed E-state index contributed by atoms with van der Waals surface area (Å²) in [6.45, 7) is 4.15. The smallest absolute Gasteiger partial charge is 0.241 e. The molecule has 18 heavy (non-hydrogen) atoms. The maximum Gasteiger partial charge on any atom is 0.241 e. The molecule has 0 aliphatic carbocycles. The number of hydrogen-bond donors (Lipinski definition) is 1. The van der Waals surface area contributed by atoms with E-state index in [1.165, 1.54) is 0 Å². The van der Waals surface area contributed by atoms with Crippen LogP contribution in [0.15, 0.2) is 12.4 Å². The van der Waals surface area contributed by atoms with Gasteiger partial charge < -0.3 is 15.1 Å². The first-order valence-corrected chi connectivity index (χ1v) is 6.06. The van der Waals surface area contributed by atoms with Gasteiger partial charge in [0.2, 0.25) is 11.9 Å². The summed E-state index contributed by atoms with van der Waals surface area (Å²) < 4.78 is 0. The van der Waals surface area contributed by atoms with Crippen molar-refractivity contribution in [3.05, 3.63) is 18.0 Å². The topological polar surface area (TPSA) is 61.4 Å². The molecule has 0 bridgehead atoms. The highest BCUT2D eigenvalue weighted by atomic mass is 16.2. The minimum absolute atomic E-state index is 0.0896. The van der Waals surface area contributed by atoms with Crippen molar-refractivity contribution in [2.75, 3.05) is 38.6 Å². The van der Waals surface area contributed by atoms with Gasteiger partial charge in [0.25, 0.3) is 0 Å². The molecule has 98 valence electrons. The lowest BCUT2D eigenvalue weighted by atomic mass is 10.2. The van der Waals surface area contributed by atoms with Crippen LogP contribution in [0.5, 0.6) is 0 Å². The van der Waals surface area contributed by atoms with Gasteiger partial charge in [0.1, 0.15) is 6.04 Å². The van der Waals surface area contributed by atoms with Crippen molar-refractivity contribution in [2.24, 2.45) is 0 Å². The van der Waals surface area contributed by atoms with Crippen LogP contribution in [0.25, 0.3) is 0 Å². The molecule has 2 rings (SSSR count). The predicted molar refractivity (Wildman–Crippen MR) is 69.5 cm³/mol. The fraction of sp³-hybridized carbons (Fsp3) is 0.583. The third-order valence-corrected chi connectivity index (χ3v) is 2.96. The minimum Gasteiger partial charge on any atom is -0.347 e. The van der Waals surface area contributed by atoms with Crippen LogP contribution in [0.1, 0.15) is 5.56 Å². The van der Waals surface area contributed by atoms with E-state index in [1.807, 2.05) is 11.8 Å². The Kier molecular flexibility index (Phi) is 3.76. The Morgan fingerprint density at radius 2 is 2.11 bits per heavy atom. The monoisotopic (exact) mass is 249 g/mol. The van der Waals surface area contributed by atoms with E-state index in [-0.39, 0.29) is 11.9 Å². The van der Waals surface area contributed by atoms with Gasteiger partial charge in [0.05, 0.1) is 0 Å². The molecule has 1 aromatic heterocycles. The predicted octanol–water partition coefficient (Wildman–Crippen LogP) is -0.349. The standard InChI is InChI=1S/C12H19N5O/c1-9-6-14-12(15-7-9)17-5-4-13-10(8-17)11(18)16(2)3/h6-7,10,13H,4-5,8H2,1-3H3/t10-/m1/s1. The van der Waals surface area contributed by atoms with E-state index >= 15 is 0 Å². The molecule has 6 nitrogen and oxygen atoms in total. The number of anilines is 1. The van der Waals surface area contributed by atoms with Crippen LogP contribution < -0.4 is 10.2 Å². The fourth-order valence-electron chi connectivity index (χ4n) is 1.96. The van der Waals surface area contributed by atoms with E-state index in [9.17, 15) is 4.79 Å². The average molecular weight is 249 g/mol. The maximum absolute atomic E-state index is 11.9. The third-order valence-electron chi connectivity index (χ3n) is 2.96. The molecule has 0 aromatic carbocycles. The zero-order chi connectivity index (χ0) is 13.1. The highest BCUT2D eigenvalue weighted by Crippen LogP contribution is 2.10. The van der Waals surface area contributed by atoms with Crippen LogP contribution in [0.4, 0.5) is 5.95 Å². The molecule has 1 atom stereocenters. The van der Waals surface area contributed by atoms with Gasteiger partial charge in [0, 0.05) is 46.1 Å². The molecule has 1 amide bonds. The number of hydrogen-bond acceptors (Lipinski definition) is 5. The van der Waals surface area contributed by atoms with E-state index < -0.39 is 0 Å². The number of nitrogens with zero attached hydrogens (tertiary/aromatic N) is 4. The van der Waals surface area contributed by atoms with Gasteiger partial charge in [0.15, 0.2) is 0 Å². The number of likely N-dealkylation sites (N-methyl/N-ethyl adjacent to an activating group) is 1. The van der Waals surface area contributed by atoms with E-state index in [2.05, 4.69) is 15.3 Å². The van der Waals surface area contributed by atoms with Crippen molar-refractivity contribution < 1.29 is 4.79 Å². The van der Waals surface area contributed by atoms with Crippen LogP contribution >= 0.6 is 0 Å². The normalized spacial score (nSPS) is 19.7. The number of rotatable bonds is 2. The Morgan fingerprint density at radius 1 is 1.44 bits per heavy atom. The molecule has 1 fully saturated rings. The lowest BCUT2D eigenvalue weighted by molar-refractivity contribution is -0.130. The summed E-state index contributed by atoms with van der Waals surface area (Å²) >= 11 is 0. The van der Waals surface area contributed by atoms with Gasteiger partial charge in [-0.1, -0.05) is 0 Å². The molecule has 1 saturated heterocycles. The van der Waals surface area contributed by atoms with Crippen LogP contribution in [0.3, 0.4) is 0 Å². The van der Waals surface area contributed by atoms with Gasteiger partial charge in [-0.2, -0.15) is 0 Å².